The Morgan fingerprint density at radius 3 is 2.70 bits per heavy atom. The molecule has 3 aromatic rings. The highest BCUT2D eigenvalue weighted by molar-refractivity contribution is 7.20. The minimum Gasteiger partial charge on any atom is -0.319 e. The van der Waals surface area contributed by atoms with Crippen molar-refractivity contribution in [1.82, 2.24) is 0 Å². The van der Waals surface area contributed by atoms with Crippen molar-refractivity contribution >= 4 is 33.0 Å². The van der Waals surface area contributed by atoms with Crippen molar-refractivity contribution in [3.63, 3.8) is 0 Å². The van der Waals surface area contributed by atoms with E-state index in [1.807, 2.05) is 30.3 Å². The van der Waals surface area contributed by atoms with Crippen molar-refractivity contribution in [2.45, 2.75) is 6.92 Å². The monoisotopic (exact) mass is 285 g/mol. The molecule has 3 rings (SSSR count). The molecule has 0 radical (unpaired) electrons. The average Bonchev–Trinajstić information content (AvgIpc) is 2.86. The van der Waals surface area contributed by atoms with Gasteiger partial charge in [0.1, 0.15) is 5.82 Å². The Labute approximate surface area is 119 Å². The van der Waals surface area contributed by atoms with Crippen LogP contribution in [-0.2, 0) is 0 Å². The van der Waals surface area contributed by atoms with Crippen LogP contribution in [0.15, 0.2) is 48.5 Å². The fraction of sp³-hybridized carbons (Fsp3) is 0.0625. The third-order valence-corrected chi connectivity index (χ3v) is 4.14. The first kappa shape index (κ1) is 12.8. The Kier molecular flexibility index (Phi) is 3.24. The van der Waals surface area contributed by atoms with Crippen LogP contribution >= 0.6 is 11.3 Å². The number of aryl methyl sites for hydroxylation is 1. The fourth-order valence-corrected chi connectivity index (χ4v) is 2.96. The van der Waals surface area contributed by atoms with Gasteiger partial charge in [-0.1, -0.05) is 24.3 Å². The minimum absolute atomic E-state index is 0.207. The van der Waals surface area contributed by atoms with Crippen molar-refractivity contribution < 1.29 is 9.18 Å². The highest BCUT2D eigenvalue weighted by atomic mass is 32.1. The van der Waals surface area contributed by atoms with Crippen LogP contribution in [0, 0.1) is 12.7 Å². The highest BCUT2D eigenvalue weighted by Gasteiger charge is 2.12. The molecule has 0 saturated heterocycles. The summed E-state index contributed by atoms with van der Waals surface area (Å²) >= 11 is 1.40. The summed E-state index contributed by atoms with van der Waals surface area (Å²) in [6.07, 6.45) is 0. The van der Waals surface area contributed by atoms with Crippen LogP contribution in [0.2, 0.25) is 0 Å². The van der Waals surface area contributed by atoms with Gasteiger partial charge in [-0.25, -0.2) is 4.39 Å². The molecule has 0 aliphatic heterocycles. The number of halogens is 1. The predicted octanol–water partition coefficient (Wildman–Crippen LogP) is 4.60. The molecule has 4 heteroatoms. The number of carbonyl (C=O) groups is 1. The molecule has 0 bridgehead atoms. The third-order valence-electron chi connectivity index (χ3n) is 3.02. The summed E-state index contributed by atoms with van der Waals surface area (Å²) in [6.45, 7) is 1.81. The van der Waals surface area contributed by atoms with Crippen molar-refractivity contribution in [1.29, 1.82) is 0 Å². The molecule has 1 N–H and O–H groups in total. The van der Waals surface area contributed by atoms with Crippen LogP contribution < -0.4 is 5.32 Å². The van der Waals surface area contributed by atoms with E-state index in [0.29, 0.717) is 4.88 Å². The summed E-state index contributed by atoms with van der Waals surface area (Å²) in [6, 6.07) is 14.3. The summed E-state index contributed by atoms with van der Waals surface area (Å²) in [4.78, 5) is 12.7. The van der Waals surface area contributed by atoms with E-state index in [4.69, 9.17) is 0 Å². The summed E-state index contributed by atoms with van der Waals surface area (Å²) < 4.78 is 14.8. The topological polar surface area (TPSA) is 29.1 Å². The highest BCUT2D eigenvalue weighted by Crippen LogP contribution is 2.26. The molecule has 0 atom stereocenters. The summed E-state index contributed by atoms with van der Waals surface area (Å²) in [7, 11) is 0. The van der Waals surface area contributed by atoms with Gasteiger partial charge in [-0.15, -0.1) is 11.3 Å². The lowest BCUT2D eigenvalue weighted by atomic mass is 10.2. The molecule has 1 aromatic heterocycles. The molecule has 2 aromatic carbocycles. The Morgan fingerprint density at radius 2 is 1.95 bits per heavy atom. The average molecular weight is 285 g/mol. The smallest absolute Gasteiger partial charge is 0.265 e. The molecule has 0 aliphatic carbocycles. The number of amides is 1. The van der Waals surface area contributed by atoms with Gasteiger partial charge in [0.05, 0.1) is 10.6 Å². The van der Waals surface area contributed by atoms with Crippen molar-refractivity contribution in [2.75, 3.05) is 5.32 Å². The van der Waals surface area contributed by atoms with E-state index in [9.17, 15) is 9.18 Å². The van der Waals surface area contributed by atoms with E-state index in [-0.39, 0.29) is 11.6 Å². The Bertz CT molecular complexity index is 761. The standard InChI is InChI=1S/C16H12FNOS/c1-10-6-7-13(12(17)8-10)18-16(19)15-9-11-4-2-3-5-14(11)20-15/h2-9H,1H3,(H,18,19). The van der Waals surface area contributed by atoms with Gasteiger partial charge in [-0.05, 0) is 42.1 Å². The lowest BCUT2D eigenvalue weighted by Crippen LogP contribution is -2.11. The van der Waals surface area contributed by atoms with Gasteiger partial charge in [-0.2, -0.15) is 0 Å². The number of anilines is 1. The second kappa shape index (κ2) is 5.06. The van der Waals surface area contributed by atoms with Crippen molar-refractivity contribution in [3.8, 4) is 0 Å². The number of nitrogens with one attached hydrogen (secondary N) is 1. The zero-order valence-corrected chi connectivity index (χ0v) is 11.6. The van der Waals surface area contributed by atoms with E-state index in [2.05, 4.69) is 5.32 Å². The number of hydrogen-bond acceptors (Lipinski definition) is 2. The largest absolute Gasteiger partial charge is 0.319 e. The van der Waals surface area contributed by atoms with Crippen LogP contribution in [-0.4, -0.2) is 5.91 Å². The Balaban J connectivity index is 1.89. The van der Waals surface area contributed by atoms with Gasteiger partial charge in [0.2, 0.25) is 0 Å². The van der Waals surface area contributed by atoms with E-state index in [1.54, 1.807) is 19.1 Å². The maximum Gasteiger partial charge on any atom is 0.265 e. The molecule has 0 fully saturated rings. The SMILES string of the molecule is Cc1ccc(NC(=O)c2cc3ccccc3s2)c(F)c1. The number of fused-ring (bicyclic) bond motifs is 1. The molecule has 0 spiro atoms. The van der Waals surface area contributed by atoms with Crippen LogP contribution in [0.3, 0.4) is 0 Å². The van der Waals surface area contributed by atoms with Crippen LogP contribution in [0.5, 0.6) is 0 Å². The van der Waals surface area contributed by atoms with Crippen LogP contribution in [0.25, 0.3) is 10.1 Å². The quantitative estimate of drug-likeness (QED) is 0.732. The number of benzene rings is 2. The molecule has 20 heavy (non-hydrogen) atoms. The Morgan fingerprint density at radius 1 is 1.15 bits per heavy atom. The first-order chi connectivity index (χ1) is 9.63. The maximum atomic E-state index is 13.7. The fourth-order valence-electron chi connectivity index (χ4n) is 2.00. The normalized spacial score (nSPS) is 10.7. The lowest BCUT2D eigenvalue weighted by molar-refractivity contribution is 0.103. The predicted molar refractivity (Wildman–Crippen MR) is 80.9 cm³/mol. The second-order valence-electron chi connectivity index (χ2n) is 4.59. The van der Waals surface area contributed by atoms with Gasteiger partial charge >= 0.3 is 0 Å². The number of carbonyl (C=O) groups excluding carboxylic acids is 1. The third kappa shape index (κ3) is 2.42. The van der Waals surface area contributed by atoms with E-state index in [1.165, 1.54) is 17.4 Å². The minimum atomic E-state index is -0.417. The second-order valence-corrected chi connectivity index (χ2v) is 5.67. The summed E-state index contributed by atoms with van der Waals surface area (Å²) in [5.41, 5.74) is 1.03. The van der Waals surface area contributed by atoms with Gasteiger partial charge in [-0.3, -0.25) is 4.79 Å². The number of thiophene rings is 1. The number of rotatable bonds is 2. The van der Waals surface area contributed by atoms with E-state index in [0.717, 1.165) is 15.6 Å². The first-order valence-electron chi connectivity index (χ1n) is 6.19. The van der Waals surface area contributed by atoms with Crippen LogP contribution in [0.4, 0.5) is 10.1 Å². The molecule has 1 heterocycles. The summed E-state index contributed by atoms with van der Waals surface area (Å²) in [5, 5.41) is 3.63. The van der Waals surface area contributed by atoms with Crippen molar-refractivity contribution in [2.24, 2.45) is 0 Å². The first-order valence-corrected chi connectivity index (χ1v) is 7.01. The van der Waals surface area contributed by atoms with Crippen LogP contribution in [0.1, 0.15) is 15.2 Å². The number of hydrogen-bond donors (Lipinski definition) is 1. The molecule has 0 saturated carbocycles. The zero-order chi connectivity index (χ0) is 14.1. The lowest BCUT2D eigenvalue weighted by Gasteiger charge is -2.05. The van der Waals surface area contributed by atoms with E-state index >= 15 is 0 Å². The molecule has 0 unspecified atom stereocenters. The molecular weight excluding hydrogens is 273 g/mol. The van der Waals surface area contributed by atoms with Gasteiger partial charge in [0.25, 0.3) is 5.91 Å². The molecule has 100 valence electrons. The Hall–Kier alpha value is -2.20. The van der Waals surface area contributed by atoms with E-state index < -0.39 is 5.82 Å². The van der Waals surface area contributed by atoms with Gasteiger partial charge < -0.3 is 5.32 Å². The summed E-state index contributed by atoms with van der Waals surface area (Å²) in [5.74, 6) is -0.701. The molecule has 0 aliphatic rings. The van der Waals surface area contributed by atoms with Gasteiger partial charge in [0, 0.05) is 4.70 Å². The zero-order valence-electron chi connectivity index (χ0n) is 10.8. The molecule has 2 nitrogen and oxygen atoms in total. The van der Waals surface area contributed by atoms with Crippen molar-refractivity contribution in [3.05, 3.63) is 64.8 Å². The maximum absolute atomic E-state index is 13.7. The molecule has 1 amide bonds. The van der Waals surface area contributed by atoms with Gasteiger partial charge in [0.15, 0.2) is 0 Å². The molecular formula is C16H12FNOS.